The first kappa shape index (κ1) is 26.3. The Hall–Kier alpha value is -3.73. The van der Waals surface area contributed by atoms with Crippen molar-refractivity contribution in [3.8, 4) is 22.8 Å². The van der Waals surface area contributed by atoms with E-state index in [4.69, 9.17) is 24.9 Å². The predicted molar refractivity (Wildman–Crippen MR) is 143 cm³/mol. The number of hydrogen-bond acceptors (Lipinski definition) is 9. The number of aryl methyl sites for hydroxylation is 1. The van der Waals surface area contributed by atoms with Crippen LogP contribution in [-0.2, 0) is 11.8 Å². The molecule has 2 aromatic heterocycles. The molecule has 0 aliphatic carbocycles. The number of aliphatic hydroxyl groups is 1. The topological polar surface area (TPSA) is 121 Å². The van der Waals surface area contributed by atoms with Gasteiger partial charge in [-0.05, 0) is 32.0 Å². The molecule has 196 valence electrons. The van der Waals surface area contributed by atoms with Crippen LogP contribution in [0.1, 0.15) is 13.8 Å². The Morgan fingerprint density at radius 1 is 1.03 bits per heavy atom. The molecule has 0 radical (unpaired) electrons. The molecule has 0 saturated carbocycles. The minimum absolute atomic E-state index is 0.136. The van der Waals surface area contributed by atoms with Gasteiger partial charge in [0.05, 0.1) is 69.2 Å². The van der Waals surface area contributed by atoms with Crippen LogP contribution in [0, 0.1) is 0 Å². The molecule has 37 heavy (non-hydrogen) atoms. The third kappa shape index (κ3) is 6.73. The van der Waals surface area contributed by atoms with E-state index in [-0.39, 0.29) is 13.2 Å². The molecule has 4 aromatic rings. The van der Waals surface area contributed by atoms with Crippen molar-refractivity contribution < 1.29 is 19.3 Å². The van der Waals surface area contributed by atoms with Crippen molar-refractivity contribution in [2.75, 3.05) is 38.9 Å². The van der Waals surface area contributed by atoms with Crippen molar-refractivity contribution >= 4 is 22.4 Å². The molecular formula is C27H34N6O4. The van der Waals surface area contributed by atoms with E-state index in [2.05, 4.69) is 10.1 Å². The number of benzene rings is 2. The van der Waals surface area contributed by atoms with Gasteiger partial charge in [-0.2, -0.15) is 5.10 Å². The predicted octanol–water partition coefficient (Wildman–Crippen LogP) is 3.30. The minimum Gasteiger partial charge on any atom is -0.497 e. The van der Waals surface area contributed by atoms with Gasteiger partial charge in [0.25, 0.3) is 0 Å². The monoisotopic (exact) mass is 506 g/mol. The van der Waals surface area contributed by atoms with E-state index in [0.717, 1.165) is 28.1 Å². The summed E-state index contributed by atoms with van der Waals surface area (Å²) < 4.78 is 18.4. The van der Waals surface area contributed by atoms with Gasteiger partial charge in [-0.3, -0.25) is 9.67 Å². The van der Waals surface area contributed by atoms with Crippen LogP contribution in [0.15, 0.2) is 55.0 Å². The van der Waals surface area contributed by atoms with Gasteiger partial charge >= 0.3 is 0 Å². The molecule has 2 aromatic carbocycles. The summed E-state index contributed by atoms with van der Waals surface area (Å²) in [5.74, 6) is 1.27. The van der Waals surface area contributed by atoms with Gasteiger partial charge in [0.1, 0.15) is 11.5 Å². The smallest absolute Gasteiger partial charge is 0.124 e. The maximum atomic E-state index is 10.9. The number of rotatable bonds is 11. The van der Waals surface area contributed by atoms with Gasteiger partial charge < -0.3 is 30.0 Å². The molecule has 10 nitrogen and oxygen atoms in total. The van der Waals surface area contributed by atoms with Crippen LogP contribution in [0.3, 0.4) is 0 Å². The van der Waals surface area contributed by atoms with E-state index in [1.54, 1.807) is 37.4 Å². The van der Waals surface area contributed by atoms with Crippen LogP contribution in [-0.4, -0.2) is 70.5 Å². The Balaban J connectivity index is 1.71. The second kappa shape index (κ2) is 11.1. The summed E-state index contributed by atoms with van der Waals surface area (Å²) in [6.07, 6.45) is 4.60. The fourth-order valence-electron chi connectivity index (χ4n) is 3.89. The van der Waals surface area contributed by atoms with Gasteiger partial charge in [-0.15, -0.1) is 0 Å². The van der Waals surface area contributed by atoms with E-state index in [0.29, 0.717) is 23.6 Å². The molecule has 4 rings (SSSR count). The minimum atomic E-state index is -0.789. The summed E-state index contributed by atoms with van der Waals surface area (Å²) >= 11 is 0. The van der Waals surface area contributed by atoms with Gasteiger partial charge in [-0.1, -0.05) is 0 Å². The summed E-state index contributed by atoms with van der Waals surface area (Å²) in [5, 5.41) is 15.1. The normalized spacial score (nSPS) is 12.5. The molecule has 0 aliphatic rings. The Morgan fingerprint density at radius 3 is 2.38 bits per heavy atom. The highest BCUT2D eigenvalue weighted by Gasteiger charge is 2.19. The molecule has 0 fully saturated rings. The van der Waals surface area contributed by atoms with Crippen molar-refractivity contribution in [2.45, 2.75) is 25.5 Å². The van der Waals surface area contributed by atoms with Crippen LogP contribution in [0.25, 0.3) is 22.3 Å². The molecule has 3 N–H and O–H groups in total. The highest BCUT2D eigenvalue weighted by Crippen LogP contribution is 2.34. The van der Waals surface area contributed by atoms with Crippen LogP contribution in [0.4, 0.5) is 11.4 Å². The van der Waals surface area contributed by atoms with Crippen molar-refractivity contribution in [1.29, 1.82) is 0 Å². The van der Waals surface area contributed by atoms with Gasteiger partial charge in [0.15, 0.2) is 0 Å². The summed E-state index contributed by atoms with van der Waals surface area (Å²) in [6.45, 7) is 4.48. The van der Waals surface area contributed by atoms with Crippen molar-refractivity contribution in [3.05, 3.63) is 55.0 Å². The Morgan fingerprint density at radius 2 is 1.76 bits per heavy atom. The molecule has 0 bridgehead atoms. The van der Waals surface area contributed by atoms with Gasteiger partial charge in [0.2, 0.25) is 0 Å². The lowest BCUT2D eigenvalue weighted by molar-refractivity contribution is 0.0243. The third-order valence-corrected chi connectivity index (χ3v) is 5.66. The number of anilines is 2. The number of nitrogens with two attached hydrogens (primary N) is 1. The molecule has 10 heteroatoms. The van der Waals surface area contributed by atoms with E-state index in [1.807, 2.05) is 62.3 Å². The number of methoxy groups -OCH3 is 2. The molecular weight excluding hydrogens is 472 g/mol. The maximum Gasteiger partial charge on any atom is 0.124 e. The van der Waals surface area contributed by atoms with Crippen LogP contribution < -0.4 is 20.1 Å². The highest BCUT2D eigenvalue weighted by molar-refractivity contribution is 5.82. The van der Waals surface area contributed by atoms with E-state index in [1.165, 1.54) is 0 Å². The first-order chi connectivity index (χ1) is 17.6. The summed E-state index contributed by atoms with van der Waals surface area (Å²) in [4.78, 5) is 11.4. The van der Waals surface area contributed by atoms with Crippen LogP contribution in [0.5, 0.6) is 11.5 Å². The number of fused-ring (bicyclic) bond motifs is 1. The summed E-state index contributed by atoms with van der Waals surface area (Å²) in [6, 6.07) is 11.4. The molecule has 0 amide bonds. The highest BCUT2D eigenvalue weighted by atomic mass is 16.5. The van der Waals surface area contributed by atoms with Crippen molar-refractivity contribution in [3.63, 3.8) is 0 Å². The molecule has 1 unspecified atom stereocenters. The van der Waals surface area contributed by atoms with Crippen molar-refractivity contribution in [1.82, 2.24) is 19.7 Å². The molecule has 0 saturated heterocycles. The van der Waals surface area contributed by atoms with Crippen LogP contribution in [0.2, 0.25) is 0 Å². The summed E-state index contributed by atoms with van der Waals surface area (Å²) in [5.41, 5.74) is 10.2. The lowest BCUT2D eigenvalue weighted by atomic mass is 10.1. The maximum absolute atomic E-state index is 10.9. The Bertz CT molecular complexity index is 1330. The van der Waals surface area contributed by atoms with Crippen molar-refractivity contribution in [2.24, 2.45) is 12.8 Å². The van der Waals surface area contributed by atoms with E-state index >= 15 is 0 Å². The SMILES string of the molecule is COc1cc(OC)cc(N(CC(O)COCC(C)(C)N)c2ccc3ncc(-c4cnn(C)c4)nc3c2)c1. The molecule has 0 aliphatic heterocycles. The van der Waals surface area contributed by atoms with Gasteiger partial charge in [0, 0.05) is 53.9 Å². The van der Waals surface area contributed by atoms with E-state index in [9.17, 15) is 5.11 Å². The molecule has 1 atom stereocenters. The first-order valence-corrected chi connectivity index (χ1v) is 12.0. The quantitative estimate of drug-likeness (QED) is 0.316. The van der Waals surface area contributed by atoms with E-state index < -0.39 is 11.6 Å². The average Bonchev–Trinajstić information content (AvgIpc) is 3.31. The summed E-state index contributed by atoms with van der Waals surface area (Å²) in [7, 11) is 5.07. The zero-order chi connectivity index (χ0) is 26.6. The molecule has 0 spiro atoms. The number of ether oxygens (including phenoxy) is 3. The number of aliphatic hydroxyl groups excluding tert-OH is 1. The second-order valence-corrected chi connectivity index (χ2v) is 9.67. The lowest BCUT2D eigenvalue weighted by Gasteiger charge is -2.29. The average molecular weight is 507 g/mol. The zero-order valence-corrected chi connectivity index (χ0v) is 21.9. The zero-order valence-electron chi connectivity index (χ0n) is 21.9. The van der Waals surface area contributed by atoms with Gasteiger partial charge in [-0.25, -0.2) is 4.98 Å². The molecule has 2 heterocycles. The fourth-order valence-corrected chi connectivity index (χ4v) is 3.89. The Kier molecular flexibility index (Phi) is 7.91. The third-order valence-electron chi connectivity index (χ3n) is 5.66. The largest absolute Gasteiger partial charge is 0.497 e. The number of nitrogens with zero attached hydrogens (tertiary/aromatic N) is 5. The Labute approximate surface area is 216 Å². The first-order valence-electron chi connectivity index (χ1n) is 12.0. The fraction of sp³-hybridized carbons (Fsp3) is 0.370. The van der Waals surface area contributed by atoms with Crippen LogP contribution >= 0.6 is 0 Å². The second-order valence-electron chi connectivity index (χ2n) is 9.67. The lowest BCUT2D eigenvalue weighted by Crippen LogP contribution is -2.39. The standard InChI is InChI=1S/C27H34N6O4/c1-27(2,28)17-37-16-21(34)15-33(20-8-22(35-4)11-23(9-20)36-5)19-6-7-24-25(10-19)31-26(13-29-24)18-12-30-32(3)14-18/h6-14,21,34H,15-17,28H2,1-5H3. The number of hydrogen-bond donors (Lipinski definition) is 2. The number of aromatic nitrogens is 4.